The molecule has 2 fully saturated rings. The van der Waals surface area contributed by atoms with Crippen LogP contribution in [0.25, 0.3) is 33.5 Å². The molecule has 0 radical (unpaired) electrons. The van der Waals surface area contributed by atoms with Gasteiger partial charge in [0.2, 0.25) is 0 Å². The van der Waals surface area contributed by atoms with Gasteiger partial charge < -0.3 is 19.6 Å². The first-order chi connectivity index (χ1) is 25.6. The monoisotopic (exact) mass is 721 g/mol. The molecule has 1 aliphatic carbocycles. The number of phenols is 1. The number of hydrogen-bond donors (Lipinski definition) is 2. The van der Waals surface area contributed by atoms with E-state index in [1.165, 1.54) is 21.4 Å². The van der Waals surface area contributed by atoms with Crippen LogP contribution in [-0.2, 0) is 17.8 Å². The molecule has 53 heavy (non-hydrogen) atoms. The highest BCUT2D eigenvalue weighted by atomic mass is 19.1. The molecule has 0 bridgehead atoms. The molecule has 5 heterocycles. The quantitative estimate of drug-likeness (QED) is 0.205. The lowest BCUT2D eigenvalue weighted by atomic mass is 9.91. The summed E-state index contributed by atoms with van der Waals surface area (Å²) < 4.78 is 38.5. The molecule has 0 spiro atoms. The smallest absolute Gasteiger partial charge is 0.337 e. The lowest BCUT2D eigenvalue weighted by molar-refractivity contribution is -0.0704. The van der Waals surface area contributed by atoms with Gasteiger partial charge in [0.1, 0.15) is 23.0 Å². The third-order valence-electron chi connectivity index (χ3n) is 10.4. The Labute approximate surface area is 304 Å². The van der Waals surface area contributed by atoms with Gasteiger partial charge in [-0.1, -0.05) is 18.2 Å². The van der Waals surface area contributed by atoms with E-state index in [0.717, 1.165) is 47.7 Å². The zero-order valence-corrected chi connectivity index (χ0v) is 29.6. The van der Waals surface area contributed by atoms with Crippen molar-refractivity contribution in [1.29, 1.82) is 0 Å². The number of benzene rings is 2. The first-order valence-corrected chi connectivity index (χ1v) is 18.1. The van der Waals surface area contributed by atoms with Crippen LogP contribution in [0.1, 0.15) is 56.8 Å². The minimum Gasteiger partial charge on any atom is -0.508 e. The summed E-state index contributed by atoms with van der Waals surface area (Å²) in [7, 11) is 0. The highest BCUT2D eigenvalue weighted by Gasteiger charge is 2.28. The summed E-state index contributed by atoms with van der Waals surface area (Å²) in [5.74, 6) is -0.841. The van der Waals surface area contributed by atoms with Crippen LogP contribution in [0.3, 0.4) is 0 Å². The van der Waals surface area contributed by atoms with Gasteiger partial charge in [-0.05, 0) is 98.7 Å². The Bertz CT molecular complexity index is 2430. The fourth-order valence-corrected chi connectivity index (χ4v) is 8.09. The van der Waals surface area contributed by atoms with Crippen LogP contribution >= 0.6 is 0 Å². The van der Waals surface area contributed by atoms with Crippen LogP contribution in [0.4, 0.5) is 8.78 Å². The number of hydrogen-bond acceptors (Lipinski definition) is 8. The Morgan fingerprint density at radius 3 is 2.51 bits per heavy atom. The predicted molar refractivity (Wildman–Crippen MR) is 197 cm³/mol. The molecule has 8 rings (SSSR count). The minimum atomic E-state index is -0.664. The van der Waals surface area contributed by atoms with Crippen LogP contribution in [0, 0.1) is 11.6 Å². The first kappa shape index (κ1) is 34.8. The number of aromatic hydroxyl groups is 1. The number of nitrogens with zero attached hydrogens (tertiary/aromatic N) is 6. The van der Waals surface area contributed by atoms with E-state index < -0.39 is 23.1 Å². The van der Waals surface area contributed by atoms with Gasteiger partial charge in [-0.3, -0.25) is 14.3 Å². The molecular formula is C40H41F2N7O4. The fourth-order valence-electron chi connectivity index (χ4n) is 8.09. The Morgan fingerprint density at radius 2 is 1.72 bits per heavy atom. The second-order valence-corrected chi connectivity index (χ2v) is 14.4. The molecule has 2 aromatic carbocycles. The first-order valence-electron chi connectivity index (χ1n) is 18.1. The van der Waals surface area contributed by atoms with Crippen molar-refractivity contribution in [2.45, 2.75) is 76.9 Å². The van der Waals surface area contributed by atoms with Crippen molar-refractivity contribution in [2.75, 3.05) is 13.1 Å². The summed E-state index contributed by atoms with van der Waals surface area (Å²) in [5, 5.41) is 14.0. The molecule has 2 aliphatic rings. The van der Waals surface area contributed by atoms with Gasteiger partial charge in [0.05, 0.1) is 35.2 Å². The van der Waals surface area contributed by atoms with Gasteiger partial charge >= 0.3 is 5.69 Å². The SMILES string of the molecule is C[C@@H]1CN(Cc2cc(O)ccc2-c2cccc(-n3c(=O)n(C4CCC(NCc5cn6cc(F)ccc6n5)CC4)c(=O)c4cc(F)cnc43)c2)C[C@H](C)O1. The third kappa shape index (κ3) is 7.11. The highest BCUT2D eigenvalue weighted by molar-refractivity contribution is 5.77. The largest absolute Gasteiger partial charge is 0.508 e. The van der Waals surface area contributed by atoms with E-state index >= 15 is 0 Å². The van der Waals surface area contributed by atoms with E-state index in [9.17, 15) is 23.5 Å². The number of rotatable bonds is 8. The number of phenolic OH excluding ortho intramolecular Hbond substituents is 1. The van der Waals surface area contributed by atoms with Crippen molar-refractivity contribution in [3.63, 3.8) is 0 Å². The van der Waals surface area contributed by atoms with E-state index in [-0.39, 0.29) is 40.8 Å². The van der Waals surface area contributed by atoms with E-state index in [1.54, 1.807) is 34.9 Å². The van der Waals surface area contributed by atoms with E-state index in [2.05, 4.69) is 34.0 Å². The summed E-state index contributed by atoms with van der Waals surface area (Å²) in [6.45, 7) is 6.70. The van der Waals surface area contributed by atoms with Crippen molar-refractivity contribution in [3.8, 4) is 22.6 Å². The van der Waals surface area contributed by atoms with E-state index in [4.69, 9.17) is 4.74 Å². The average molecular weight is 722 g/mol. The molecule has 2 N–H and O–H groups in total. The number of nitrogens with one attached hydrogen (secondary N) is 1. The zero-order valence-electron chi connectivity index (χ0n) is 29.6. The van der Waals surface area contributed by atoms with E-state index in [0.29, 0.717) is 50.1 Å². The lowest BCUT2D eigenvalue weighted by Crippen LogP contribution is -2.44. The maximum Gasteiger partial charge on any atom is 0.337 e. The molecule has 274 valence electrons. The number of imidazole rings is 1. The van der Waals surface area contributed by atoms with Crippen LogP contribution in [-0.4, -0.2) is 64.8 Å². The van der Waals surface area contributed by atoms with Gasteiger partial charge in [0.15, 0.2) is 5.65 Å². The van der Waals surface area contributed by atoms with E-state index in [1.807, 2.05) is 24.3 Å². The highest BCUT2D eigenvalue weighted by Crippen LogP contribution is 2.32. The van der Waals surface area contributed by atoms with Crippen LogP contribution < -0.4 is 16.6 Å². The van der Waals surface area contributed by atoms with Gasteiger partial charge in [-0.2, -0.15) is 0 Å². The van der Waals surface area contributed by atoms with Crippen LogP contribution in [0.15, 0.2) is 88.8 Å². The lowest BCUT2D eigenvalue weighted by Gasteiger charge is -2.35. The summed E-state index contributed by atoms with van der Waals surface area (Å²) in [5.41, 5.74) is 3.55. The molecule has 6 aromatic rings. The Balaban J connectivity index is 1.09. The van der Waals surface area contributed by atoms with Crippen LogP contribution in [0.2, 0.25) is 0 Å². The topological polar surface area (TPSA) is 119 Å². The molecule has 0 amide bonds. The van der Waals surface area contributed by atoms with Crippen molar-refractivity contribution in [3.05, 3.63) is 123 Å². The molecule has 0 unspecified atom stereocenters. The second-order valence-electron chi connectivity index (χ2n) is 14.4. The molecule has 11 nitrogen and oxygen atoms in total. The Kier molecular flexibility index (Phi) is 9.39. The molecule has 1 saturated carbocycles. The van der Waals surface area contributed by atoms with Crippen molar-refractivity contribution in [1.82, 2.24) is 33.7 Å². The Morgan fingerprint density at radius 1 is 0.925 bits per heavy atom. The fraction of sp³-hybridized carbons (Fsp3) is 0.350. The molecule has 2 atom stereocenters. The minimum absolute atomic E-state index is 0.0272. The van der Waals surface area contributed by atoms with Gasteiger partial charge in [-0.15, -0.1) is 0 Å². The number of aromatic nitrogens is 5. The van der Waals surface area contributed by atoms with Gasteiger partial charge in [0, 0.05) is 50.7 Å². The number of pyridine rings is 2. The van der Waals surface area contributed by atoms with Crippen LogP contribution in [0.5, 0.6) is 5.75 Å². The number of ether oxygens (including phenoxy) is 1. The molecule has 1 aliphatic heterocycles. The number of halogens is 2. The number of fused-ring (bicyclic) bond motifs is 2. The zero-order chi connectivity index (χ0) is 36.8. The summed E-state index contributed by atoms with van der Waals surface area (Å²) in [6, 6.07) is 16.6. The third-order valence-corrected chi connectivity index (χ3v) is 10.4. The predicted octanol–water partition coefficient (Wildman–Crippen LogP) is 5.73. The maximum atomic E-state index is 14.6. The average Bonchev–Trinajstić information content (AvgIpc) is 3.53. The molecule has 1 saturated heterocycles. The summed E-state index contributed by atoms with van der Waals surface area (Å²) >= 11 is 0. The second kappa shape index (κ2) is 14.3. The molecule has 13 heteroatoms. The van der Waals surface area contributed by atoms with Crippen molar-refractivity contribution < 1.29 is 18.6 Å². The van der Waals surface area contributed by atoms with Crippen molar-refractivity contribution >= 4 is 16.7 Å². The normalized spacial score (nSPS) is 21.1. The standard InChI is InChI=1S/C40H41F2N7O4/c1-24-19-46(20-25(2)53-24)21-27-15-34(50)11-12-35(27)26-4-3-5-33(14-26)48-38-36(16-29(42)17-44-38)39(51)49(40(48)52)32-9-7-30(8-10-32)43-18-31-23-47-22-28(41)6-13-37(47)45-31/h3-6,11-17,22-25,30,32,43,50H,7-10,18-21H2,1-2H3/t24-,25+,30?,32?. The molecular weight excluding hydrogens is 680 g/mol. The van der Waals surface area contributed by atoms with Gasteiger partial charge in [0.25, 0.3) is 5.56 Å². The Hall–Kier alpha value is -5.24. The summed E-state index contributed by atoms with van der Waals surface area (Å²) in [6.07, 6.45) is 6.91. The summed E-state index contributed by atoms with van der Waals surface area (Å²) in [4.78, 5) is 39.5. The number of morpholine rings is 1. The van der Waals surface area contributed by atoms with Crippen molar-refractivity contribution in [2.24, 2.45) is 0 Å². The molecule has 4 aromatic heterocycles. The maximum absolute atomic E-state index is 14.6. The van der Waals surface area contributed by atoms with Gasteiger partial charge in [-0.25, -0.2) is 28.1 Å².